The van der Waals surface area contributed by atoms with E-state index in [1.165, 1.54) is 0 Å². The van der Waals surface area contributed by atoms with Crippen molar-refractivity contribution < 1.29 is 22.5 Å². The van der Waals surface area contributed by atoms with Gasteiger partial charge in [0.2, 0.25) is 0 Å². The number of hydrogen-bond acceptors (Lipinski definition) is 5. The van der Waals surface area contributed by atoms with E-state index in [0.29, 0.717) is 12.8 Å². The minimum Gasteiger partial charge on any atom is -0.748 e. The lowest BCUT2D eigenvalue weighted by Gasteiger charge is -2.06. The monoisotopic (exact) mass is 209 g/mol. The number of carbonyl (C=O) groups is 1. The van der Waals surface area contributed by atoms with Crippen LogP contribution in [0.2, 0.25) is 0 Å². The number of esters is 1. The van der Waals surface area contributed by atoms with Crippen LogP contribution in [0.25, 0.3) is 0 Å². The molecule has 0 spiro atoms. The summed E-state index contributed by atoms with van der Waals surface area (Å²) in [5, 5.41) is 0. The quantitative estimate of drug-likeness (QED) is 0.356. The van der Waals surface area contributed by atoms with Crippen molar-refractivity contribution in [1.29, 1.82) is 0 Å². The standard InChI is InChI=1S/C7H14O5S/c1-2-7(8)12-5-3-4-6-13(9,10)11/h2-6H2,1H3,(H,9,10,11)/p-1. The average Bonchev–Trinajstić information content (AvgIpc) is 2.01. The summed E-state index contributed by atoms with van der Waals surface area (Å²) in [7, 11) is -4.12. The van der Waals surface area contributed by atoms with E-state index in [-0.39, 0.29) is 19.0 Å². The van der Waals surface area contributed by atoms with Crippen LogP contribution in [0.4, 0.5) is 0 Å². The van der Waals surface area contributed by atoms with Crippen LogP contribution in [0.1, 0.15) is 26.2 Å². The fourth-order valence-electron chi connectivity index (χ4n) is 0.669. The highest BCUT2D eigenvalue weighted by Gasteiger charge is 1.99. The molecule has 0 amide bonds. The first kappa shape index (κ1) is 12.4. The van der Waals surface area contributed by atoms with Crippen molar-refractivity contribution in [3.8, 4) is 0 Å². The summed E-state index contributed by atoms with van der Waals surface area (Å²) in [5.41, 5.74) is 0. The summed E-state index contributed by atoms with van der Waals surface area (Å²) in [6, 6.07) is 0. The van der Waals surface area contributed by atoms with Gasteiger partial charge >= 0.3 is 5.97 Å². The molecule has 0 radical (unpaired) electrons. The molecular formula is C7H13O5S-. The van der Waals surface area contributed by atoms with Gasteiger partial charge in [0.25, 0.3) is 0 Å². The molecule has 0 fully saturated rings. The average molecular weight is 209 g/mol. The highest BCUT2D eigenvalue weighted by molar-refractivity contribution is 7.85. The predicted molar refractivity (Wildman–Crippen MR) is 45.0 cm³/mol. The second-order valence-corrected chi connectivity index (χ2v) is 4.07. The third-order valence-corrected chi connectivity index (χ3v) is 2.13. The molecule has 0 aliphatic carbocycles. The van der Waals surface area contributed by atoms with Crippen LogP contribution >= 0.6 is 0 Å². The highest BCUT2D eigenvalue weighted by Crippen LogP contribution is 1.95. The van der Waals surface area contributed by atoms with Gasteiger partial charge in [0, 0.05) is 12.2 Å². The Morgan fingerprint density at radius 2 is 2.00 bits per heavy atom. The molecule has 0 atom stereocenters. The van der Waals surface area contributed by atoms with E-state index >= 15 is 0 Å². The lowest BCUT2D eigenvalue weighted by atomic mass is 10.3. The van der Waals surface area contributed by atoms with Crippen molar-refractivity contribution in [1.82, 2.24) is 0 Å². The molecule has 0 aliphatic heterocycles. The topological polar surface area (TPSA) is 83.5 Å². The number of ether oxygens (including phenoxy) is 1. The molecule has 0 saturated heterocycles. The lowest BCUT2D eigenvalue weighted by molar-refractivity contribution is -0.143. The van der Waals surface area contributed by atoms with Gasteiger partial charge in [-0.3, -0.25) is 4.79 Å². The first-order chi connectivity index (χ1) is 5.95. The lowest BCUT2D eigenvalue weighted by Crippen LogP contribution is -2.07. The summed E-state index contributed by atoms with van der Waals surface area (Å²) < 4.78 is 35.0. The van der Waals surface area contributed by atoms with Gasteiger partial charge in [-0.2, -0.15) is 0 Å². The van der Waals surface area contributed by atoms with E-state index in [1.54, 1.807) is 6.92 Å². The zero-order chi connectivity index (χ0) is 10.3. The van der Waals surface area contributed by atoms with E-state index in [9.17, 15) is 17.8 Å². The van der Waals surface area contributed by atoms with E-state index in [1.807, 2.05) is 0 Å². The van der Waals surface area contributed by atoms with Crippen LogP contribution in [0.3, 0.4) is 0 Å². The molecule has 0 N–H and O–H groups in total. The molecule has 0 aromatic carbocycles. The smallest absolute Gasteiger partial charge is 0.305 e. The van der Waals surface area contributed by atoms with E-state index < -0.39 is 15.9 Å². The van der Waals surface area contributed by atoms with Crippen molar-refractivity contribution >= 4 is 16.1 Å². The van der Waals surface area contributed by atoms with Crippen molar-refractivity contribution in [2.24, 2.45) is 0 Å². The van der Waals surface area contributed by atoms with E-state index in [0.717, 1.165) is 0 Å². The predicted octanol–water partition coefficient (Wildman–Crippen LogP) is 0.265. The second-order valence-electron chi connectivity index (χ2n) is 2.54. The molecule has 0 saturated carbocycles. The second kappa shape index (κ2) is 5.93. The van der Waals surface area contributed by atoms with Crippen LogP contribution in [-0.4, -0.2) is 31.3 Å². The van der Waals surface area contributed by atoms with Crippen LogP contribution in [0, 0.1) is 0 Å². The first-order valence-corrected chi connectivity index (χ1v) is 5.62. The van der Waals surface area contributed by atoms with E-state index in [2.05, 4.69) is 4.74 Å². The number of rotatable bonds is 6. The third kappa shape index (κ3) is 9.29. The Labute approximate surface area is 77.8 Å². The minimum absolute atomic E-state index is 0.183. The van der Waals surface area contributed by atoms with Crippen LogP contribution < -0.4 is 0 Å². The SMILES string of the molecule is CCC(=O)OCCCCS(=O)(=O)[O-]. The van der Waals surface area contributed by atoms with Crippen LogP contribution in [-0.2, 0) is 19.6 Å². The molecule has 6 heteroatoms. The number of carbonyl (C=O) groups excluding carboxylic acids is 1. The molecule has 0 rings (SSSR count). The molecule has 13 heavy (non-hydrogen) atoms. The highest BCUT2D eigenvalue weighted by atomic mass is 32.2. The first-order valence-electron chi connectivity index (χ1n) is 4.05. The van der Waals surface area contributed by atoms with Crippen molar-refractivity contribution in [2.75, 3.05) is 12.4 Å². The van der Waals surface area contributed by atoms with Gasteiger partial charge in [0.15, 0.2) is 0 Å². The van der Waals surface area contributed by atoms with Gasteiger partial charge in [0.1, 0.15) is 0 Å². The Balaban J connectivity index is 3.33. The van der Waals surface area contributed by atoms with Gasteiger partial charge < -0.3 is 9.29 Å². The molecule has 0 aromatic rings. The molecule has 0 bridgehead atoms. The number of unbranched alkanes of at least 4 members (excludes halogenated alkanes) is 1. The Kier molecular flexibility index (Phi) is 5.65. The zero-order valence-corrected chi connectivity index (χ0v) is 8.30. The molecule has 0 unspecified atom stereocenters. The maximum atomic E-state index is 10.6. The summed E-state index contributed by atoms with van der Waals surface area (Å²) in [5.74, 6) is -0.707. The summed E-state index contributed by atoms with van der Waals surface area (Å²) >= 11 is 0. The summed E-state index contributed by atoms with van der Waals surface area (Å²) in [4.78, 5) is 10.6. The van der Waals surface area contributed by atoms with Gasteiger partial charge in [-0.25, -0.2) is 8.42 Å². The molecule has 0 heterocycles. The maximum absolute atomic E-state index is 10.6. The minimum atomic E-state index is -4.12. The van der Waals surface area contributed by atoms with Gasteiger partial charge in [-0.05, 0) is 12.8 Å². The Morgan fingerprint density at radius 3 is 2.46 bits per heavy atom. The molecule has 78 valence electrons. The molecule has 5 nitrogen and oxygen atoms in total. The van der Waals surface area contributed by atoms with Gasteiger partial charge in [-0.1, -0.05) is 6.92 Å². The Morgan fingerprint density at radius 1 is 1.38 bits per heavy atom. The van der Waals surface area contributed by atoms with Crippen molar-refractivity contribution in [2.45, 2.75) is 26.2 Å². The van der Waals surface area contributed by atoms with Gasteiger partial charge in [0.05, 0.1) is 16.7 Å². The third-order valence-electron chi connectivity index (χ3n) is 1.34. The largest absolute Gasteiger partial charge is 0.748 e. The van der Waals surface area contributed by atoms with Crippen molar-refractivity contribution in [3.05, 3.63) is 0 Å². The van der Waals surface area contributed by atoms with Gasteiger partial charge in [-0.15, -0.1) is 0 Å². The zero-order valence-electron chi connectivity index (χ0n) is 7.49. The Bertz CT molecular complexity index is 244. The summed E-state index contributed by atoms with van der Waals surface area (Å²) in [6.45, 7) is 1.85. The van der Waals surface area contributed by atoms with E-state index in [4.69, 9.17) is 0 Å². The molecule has 0 aromatic heterocycles. The number of hydrogen-bond donors (Lipinski definition) is 0. The van der Waals surface area contributed by atoms with Crippen molar-refractivity contribution in [3.63, 3.8) is 0 Å². The fourth-order valence-corrected chi connectivity index (χ4v) is 1.23. The normalized spacial score (nSPS) is 11.2. The Hall–Kier alpha value is -0.620. The van der Waals surface area contributed by atoms with Crippen LogP contribution in [0.15, 0.2) is 0 Å². The summed E-state index contributed by atoms with van der Waals surface area (Å²) in [6.07, 6.45) is 0.954. The fraction of sp³-hybridized carbons (Fsp3) is 0.857. The van der Waals surface area contributed by atoms with Crippen LogP contribution in [0.5, 0.6) is 0 Å². The maximum Gasteiger partial charge on any atom is 0.305 e. The molecule has 0 aliphatic rings. The molecular weight excluding hydrogens is 196 g/mol.